The molecule has 6 heteroatoms. The molecule has 1 aliphatic carbocycles. The lowest BCUT2D eigenvalue weighted by Crippen LogP contribution is -2.36. The molecule has 0 aromatic carbocycles. The summed E-state index contributed by atoms with van der Waals surface area (Å²) < 4.78 is 0. The number of urea groups is 1. The van der Waals surface area contributed by atoms with Gasteiger partial charge in [0.25, 0.3) is 0 Å². The average Bonchev–Trinajstić information content (AvgIpc) is 2.81. The number of carboxylic acid groups (broad SMARTS) is 1. The molecule has 1 fully saturated rings. The van der Waals surface area contributed by atoms with E-state index in [2.05, 4.69) is 15.6 Å². The summed E-state index contributed by atoms with van der Waals surface area (Å²) in [4.78, 5) is 27.0. The van der Waals surface area contributed by atoms with E-state index in [0.29, 0.717) is 24.9 Å². The summed E-state index contributed by atoms with van der Waals surface area (Å²) in [5.41, 5.74) is 2.32. The number of aromatic nitrogens is 1. The number of nitrogens with zero attached hydrogens (tertiary/aromatic N) is 1. The van der Waals surface area contributed by atoms with Gasteiger partial charge in [-0.25, -0.2) is 4.79 Å². The zero-order chi connectivity index (χ0) is 14.7. The van der Waals surface area contributed by atoms with Gasteiger partial charge in [-0.2, -0.15) is 0 Å². The summed E-state index contributed by atoms with van der Waals surface area (Å²) in [6.45, 7) is 3.72. The third-order valence-electron chi connectivity index (χ3n) is 3.59. The molecule has 3 N–H and O–H groups in total. The molecule has 0 aliphatic heterocycles. The van der Waals surface area contributed by atoms with Crippen LogP contribution in [0.25, 0.3) is 0 Å². The van der Waals surface area contributed by atoms with Crippen molar-refractivity contribution in [3.05, 3.63) is 23.5 Å². The Morgan fingerprint density at radius 1 is 1.30 bits per heavy atom. The van der Waals surface area contributed by atoms with Crippen molar-refractivity contribution in [2.45, 2.75) is 39.2 Å². The number of carboxylic acids is 1. The second-order valence-electron chi connectivity index (χ2n) is 5.23. The van der Waals surface area contributed by atoms with Crippen LogP contribution in [0.4, 0.5) is 10.5 Å². The fraction of sp³-hybridized carbons (Fsp3) is 0.500. The quantitative estimate of drug-likeness (QED) is 0.788. The Morgan fingerprint density at radius 2 is 2.05 bits per heavy atom. The number of hydrogen-bond donors (Lipinski definition) is 3. The predicted octanol–water partition coefficient (Wildman–Crippen LogP) is 2.07. The number of rotatable bonds is 3. The van der Waals surface area contributed by atoms with Gasteiger partial charge in [0.2, 0.25) is 0 Å². The van der Waals surface area contributed by atoms with E-state index in [0.717, 1.165) is 11.4 Å². The molecule has 20 heavy (non-hydrogen) atoms. The molecular formula is C14H19N3O3. The number of aryl methyl sites for hydroxylation is 2. The highest BCUT2D eigenvalue weighted by molar-refractivity contribution is 5.90. The van der Waals surface area contributed by atoms with E-state index in [1.165, 1.54) is 0 Å². The van der Waals surface area contributed by atoms with Crippen LogP contribution in [0.1, 0.15) is 30.7 Å². The highest BCUT2D eigenvalue weighted by Crippen LogP contribution is 2.25. The highest BCUT2D eigenvalue weighted by atomic mass is 16.4. The van der Waals surface area contributed by atoms with Crippen LogP contribution in [0.3, 0.4) is 0 Å². The first-order valence-electron chi connectivity index (χ1n) is 6.70. The summed E-state index contributed by atoms with van der Waals surface area (Å²) >= 11 is 0. The van der Waals surface area contributed by atoms with Gasteiger partial charge in [-0.1, -0.05) is 0 Å². The molecule has 6 nitrogen and oxygen atoms in total. The summed E-state index contributed by atoms with van der Waals surface area (Å²) in [5.74, 6) is -1.13. The fourth-order valence-electron chi connectivity index (χ4n) is 2.50. The fourth-order valence-corrected chi connectivity index (χ4v) is 2.50. The van der Waals surface area contributed by atoms with Crippen molar-refractivity contribution in [1.29, 1.82) is 0 Å². The second kappa shape index (κ2) is 5.90. The molecule has 1 heterocycles. The van der Waals surface area contributed by atoms with E-state index in [1.807, 2.05) is 26.0 Å². The van der Waals surface area contributed by atoms with Gasteiger partial charge in [0, 0.05) is 11.7 Å². The van der Waals surface area contributed by atoms with Crippen LogP contribution in [-0.2, 0) is 4.79 Å². The Hall–Kier alpha value is -2.11. The Kier molecular flexibility index (Phi) is 4.22. The Morgan fingerprint density at radius 3 is 2.65 bits per heavy atom. The molecule has 0 radical (unpaired) electrons. The van der Waals surface area contributed by atoms with E-state index < -0.39 is 5.97 Å². The van der Waals surface area contributed by atoms with Crippen LogP contribution in [0.15, 0.2) is 12.1 Å². The molecule has 1 aliphatic rings. The van der Waals surface area contributed by atoms with Crippen molar-refractivity contribution in [2.75, 3.05) is 5.32 Å². The molecule has 1 aromatic heterocycles. The molecular weight excluding hydrogens is 258 g/mol. The maximum Gasteiger partial charge on any atom is 0.319 e. The number of carbonyl (C=O) groups excluding carboxylic acids is 1. The largest absolute Gasteiger partial charge is 0.481 e. The smallest absolute Gasteiger partial charge is 0.319 e. The van der Waals surface area contributed by atoms with Gasteiger partial charge in [-0.15, -0.1) is 0 Å². The Balaban J connectivity index is 1.88. The molecule has 0 saturated heterocycles. The maximum absolute atomic E-state index is 11.9. The van der Waals surface area contributed by atoms with E-state index in [9.17, 15) is 9.59 Å². The lowest BCUT2D eigenvalue weighted by molar-refractivity contribution is -0.141. The minimum atomic E-state index is -0.784. The lowest BCUT2D eigenvalue weighted by atomic mass is 10.1. The summed E-state index contributed by atoms with van der Waals surface area (Å²) in [7, 11) is 0. The van der Waals surface area contributed by atoms with E-state index in [-0.39, 0.29) is 18.0 Å². The first-order valence-corrected chi connectivity index (χ1v) is 6.70. The minimum absolute atomic E-state index is 0.0742. The Bertz CT molecular complexity index is 530. The van der Waals surface area contributed by atoms with Crippen molar-refractivity contribution in [3.63, 3.8) is 0 Å². The van der Waals surface area contributed by atoms with Crippen molar-refractivity contribution >= 4 is 17.7 Å². The van der Waals surface area contributed by atoms with Crippen LogP contribution < -0.4 is 10.6 Å². The van der Waals surface area contributed by atoms with Crippen LogP contribution in [0.5, 0.6) is 0 Å². The molecule has 2 atom stereocenters. The third kappa shape index (κ3) is 3.46. The summed E-state index contributed by atoms with van der Waals surface area (Å²) in [6.07, 6.45) is 1.81. The van der Waals surface area contributed by atoms with E-state index in [4.69, 9.17) is 5.11 Å². The monoisotopic (exact) mass is 277 g/mol. The molecule has 0 unspecified atom stereocenters. The second-order valence-corrected chi connectivity index (χ2v) is 5.23. The van der Waals surface area contributed by atoms with Gasteiger partial charge >= 0.3 is 12.0 Å². The molecule has 0 spiro atoms. The van der Waals surface area contributed by atoms with Crippen LogP contribution >= 0.6 is 0 Å². The number of amides is 2. The SMILES string of the molecule is Cc1ccc(NC(=O)N[C@H]2CC[C@@H](C(=O)O)C2)c(C)n1. The molecule has 108 valence electrons. The van der Waals surface area contributed by atoms with Gasteiger partial charge in [0.15, 0.2) is 0 Å². The molecule has 1 aromatic rings. The minimum Gasteiger partial charge on any atom is -0.481 e. The number of hydrogen-bond acceptors (Lipinski definition) is 3. The molecule has 2 rings (SSSR count). The van der Waals surface area contributed by atoms with Gasteiger partial charge < -0.3 is 15.7 Å². The molecule has 1 saturated carbocycles. The van der Waals surface area contributed by atoms with Crippen LogP contribution in [0.2, 0.25) is 0 Å². The van der Waals surface area contributed by atoms with Crippen molar-refractivity contribution in [1.82, 2.24) is 10.3 Å². The maximum atomic E-state index is 11.9. The van der Waals surface area contributed by atoms with E-state index >= 15 is 0 Å². The Labute approximate surface area is 117 Å². The summed E-state index contributed by atoms with van der Waals surface area (Å²) in [5, 5.41) is 14.5. The summed E-state index contributed by atoms with van der Waals surface area (Å²) in [6, 6.07) is 3.26. The van der Waals surface area contributed by atoms with Gasteiger partial charge in [-0.3, -0.25) is 9.78 Å². The standard InChI is InChI=1S/C14H19N3O3/c1-8-3-6-12(9(2)15-8)17-14(20)16-11-5-4-10(7-11)13(18)19/h3,6,10-11H,4-5,7H2,1-2H3,(H,18,19)(H2,16,17,20)/t10-,11+/m1/s1. The molecule has 2 amide bonds. The van der Waals surface area contributed by atoms with Crippen molar-refractivity contribution in [2.24, 2.45) is 5.92 Å². The predicted molar refractivity (Wildman–Crippen MR) is 74.6 cm³/mol. The van der Waals surface area contributed by atoms with Crippen molar-refractivity contribution < 1.29 is 14.7 Å². The highest BCUT2D eigenvalue weighted by Gasteiger charge is 2.30. The first-order chi connectivity index (χ1) is 9.45. The average molecular weight is 277 g/mol. The number of nitrogens with one attached hydrogen (secondary N) is 2. The van der Waals surface area contributed by atoms with Gasteiger partial charge in [0.05, 0.1) is 17.3 Å². The lowest BCUT2D eigenvalue weighted by Gasteiger charge is -2.14. The van der Waals surface area contributed by atoms with Crippen LogP contribution in [0, 0.1) is 19.8 Å². The normalized spacial score (nSPS) is 21.5. The number of pyridine rings is 1. The first kappa shape index (κ1) is 14.3. The zero-order valence-corrected chi connectivity index (χ0v) is 11.6. The van der Waals surface area contributed by atoms with Crippen molar-refractivity contribution in [3.8, 4) is 0 Å². The topological polar surface area (TPSA) is 91.3 Å². The number of aliphatic carboxylic acids is 1. The van der Waals surface area contributed by atoms with E-state index in [1.54, 1.807) is 0 Å². The number of anilines is 1. The third-order valence-corrected chi connectivity index (χ3v) is 3.59. The van der Waals surface area contributed by atoms with Gasteiger partial charge in [0.1, 0.15) is 0 Å². The van der Waals surface area contributed by atoms with Crippen LogP contribution in [-0.4, -0.2) is 28.1 Å². The van der Waals surface area contributed by atoms with Gasteiger partial charge in [-0.05, 0) is 45.2 Å². The number of carbonyl (C=O) groups is 2. The molecule has 0 bridgehead atoms. The zero-order valence-electron chi connectivity index (χ0n) is 11.6.